The summed E-state index contributed by atoms with van der Waals surface area (Å²) < 4.78 is 0. The van der Waals surface area contributed by atoms with Crippen LogP contribution in [0.15, 0.2) is 30.3 Å². The Hall–Kier alpha value is -1.35. The Balaban J connectivity index is 2.14. The summed E-state index contributed by atoms with van der Waals surface area (Å²) in [5.41, 5.74) is 1.36. The number of carbonyl (C=O) groups is 1. The molecule has 1 rings (SSSR count). The topological polar surface area (TPSA) is 32.3 Å². The molecule has 20 heavy (non-hydrogen) atoms. The van der Waals surface area contributed by atoms with Gasteiger partial charge in [-0.15, -0.1) is 0 Å². The number of nitrogens with one attached hydrogen (secondary N) is 1. The molecule has 0 spiro atoms. The maximum absolute atomic E-state index is 12.0. The van der Waals surface area contributed by atoms with Crippen molar-refractivity contribution in [3.8, 4) is 0 Å². The average molecular weight is 276 g/mol. The predicted octanol–water partition coefficient (Wildman–Crippen LogP) is 2.86. The Morgan fingerprint density at radius 3 is 2.35 bits per heavy atom. The zero-order chi connectivity index (χ0) is 14.6. The van der Waals surface area contributed by atoms with Gasteiger partial charge in [0.2, 0.25) is 5.91 Å². The lowest BCUT2D eigenvalue weighted by Gasteiger charge is -2.21. The van der Waals surface area contributed by atoms with E-state index in [1.54, 1.807) is 0 Å². The first-order chi connectivity index (χ1) is 9.77. The van der Waals surface area contributed by atoms with Crippen molar-refractivity contribution >= 4 is 5.91 Å². The van der Waals surface area contributed by atoms with Crippen LogP contribution in [0.3, 0.4) is 0 Å². The van der Waals surface area contributed by atoms with Crippen molar-refractivity contribution in [1.29, 1.82) is 0 Å². The Bertz CT molecular complexity index is 359. The quantitative estimate of drug-likeness (QED) is 0.666. The summed E-state index contributed by atoms with van der Waals surface area (Å²) in [4.78, 5) is 14.0. The van der Waals surface area contributed by atoms with E-state index in [1.165, 1.54) is 5.56 Å². The second kappa shape index (κ2) is 10.4. The van der Waals surface area contributed by atoms with Gasteiger partial charge >= 0.3 is 0 Å². The van der Waals surface area contributed by atoms with Crippen molar-refractivity contribution in [3.63, 3.8) is 0 Å². The third kappa shape index (κ3) is 6.71. The maximum atomic E-state index is 12.0. The van der Waals surface area contributed by atoms with Crippen molar-refractivity contribution in [2.75, 3.05) is 26.2 Å². The van der Waals surface area contributed by atoms with E-state index < -0.39 is 0 Å². The Labute approximate surface area is 123 Å². The summed E-state index contributed by atoms with van der Waals surface area (Å²) in [5, 5.41) is 3.26. The van der Waals surface area contributed by atoms with Crippen molar-refractivity contribution in [3.05, 3.63) is 35.9 Å². The van der Waals surface area contributed by atoms with E-state index in [0.29, 0.717) is 6.54 Å². The van der Waals surface area contributed by atoms with Crippen LogP contribution >= 0.6 is 0 Å². The van der Waals surface area contributed by atoms with Gasteiger partial charge in [-0.1, -0.05) is 44.2 Å². The summed E-state index contributed by atoms with van der Waals surface area (Å²) >= 11 is 0. The van der Waals surface area contributed by atoms with Gasteiger partial charge in [-0.25, -0.2) is 0 Å². The van der Waals surface area contributed by atoms with Gasteiger partial charge in [0, 0.05) is 13.1 Å². The molecule has 0 aromatic heterocycles. The molecule has 0 unspecified atom stereocenters. The minimum absolute atomic E-state index is 0.230. The molecule has 0 saturated heterocycles. The second-order valence-electron chi connectivity index (χ2n) is 5.15. The van der Waals surface area contributed by atoms with Crippen LogP contribution in [0.1, 0.15) is 38.7 Å². The zero-order valence-electron chi connectivity index (χ0n) is 12.9. The highest BCUT2D eigenvalue weighted by Gasteiger charge is 2.10. The van der Waals surface area contributed by atoms with Gasteiger partial charge in [0.1, 0.15) is 0 Å². The van der Waals surface area contributed by atoms with Crippen LogP contribution in [-0.4, -0.2) is 37.0 Å². The van der Waals surface area contributed by atoms with Crippen LogP contribution in [-0.2, 0) is 11.2 Å². The molecule has 0 aliphatic carbocycles. The second-order valence-corrected chi connectivity index (χ2v) is 5.15. The van der Waals surface area contributed by atoms with E-state index in [9.17, 15) is 4.79 Å². The van der Waals surface area contributed by atoms with E-state index in [-0.39, 0.29) is 5.91 Å². The third-order valence-corrected chi connectivity index (χ3v) is 3.28. The van der Waals surface area contributed by atoms with Crippen molar-refractivity contribution in [1.82, 2.24) is 10.2 Å². The predicted molar refractivity (Wildman–Crippen MR) is 84.8 cm³/mol. The molecule has 0 bridgehead atoms. The summed E-state index contributed by atoms with van der Waals surface area (Å²) in [6.45, 7) is 7.34. The number of benzene rings is 1. The lowest BCUT2D eigenvalue weighted by atomic mass is 10.1. The van der Waals surface area contributed by atoms with E-state index >= 15 is 0 Å². The first-order valence-corrected chi connectivity index (χ1v) is 7.80. The highest BCUT2D eigenvalue weighted by atomic mass is 16.2. The average Bonchev–Trinajstić information content (AvgIpc) is 2.47. The molecule has 0 aliphatic heterocycles. The third-order valence-electron chi connectivity index (χ3n) is 3.28. The van der Waals surface area contributed by atoms with E-state index in [1.807, 2.05) is 11.0 Å². The van der Waals surface area contributed by atoms with Gasteiger partial charge < -0.3 is 10.2 Å². The molecule has 1 aromatic rings. The fraction of sp³-hybridized carbons (Fsp3) is 0.588. The van der Waals surface area contributed by atoms with Crippen LogP contribution < -0.4 is 5.32 Å². The van der Waals surface area contributed by atoms with E-state index in [0.717, 1.165) is 45.3 Å². The molecule has 0 saturated carbocycles. The number of nitrogens with zero attached hydrogens (tertiary/aromatic N) is 1. The zero-order valence-corrected chi connectivity index (χ0v) is 12.9. The van der Waals surface area contributed by atoms with E-state index in [2.05, 4.69) is 43.4 Å². The minimum atomic E-state index is 0.230. The maximum Gasteiger partial charge on any atom is 0.236 e. The molecule has 0 aliphatic rings. The molecule has 3 nitrogen and oxygen atoms in total. The van der Waals surface area contributed by atoms with Gasteiger partial charge in [-0.05, 0) is 37.8 Å². The Morgan fingerprint density at radius 1 is 1.10 bits per heavy atom. The number of amides is 1. The van der Waals surface area contributed by atoms with Gasteiger partial charge in [0.15, 0.2) is 0 Å². The summed E-state index contributed by atoms with van der Waals surface area (Å²) in [6, 6.07) is 10.5. The molecule has 3 heteroatoms. The summed E-state index contributed by atoms with van der Waals surface area (Å²) in [6.07, 6.45) is 4.19. The summed E-state index contributed by atoms with van der Waals surface area (Å²) in [7, 11) is 0. The Kier molecular flexibility index (Phi) is 8.72. The van der Waals surface area contributed by atoms with Gasteiger partial charge in [0.05, 0.1) is 6.54 Å². The van der Waals surface area contributed by atoms with Crippen LogP contribution in [0, 0.1) is 0 Å². The van der Waals surface area contributed by atoms with Crippen molar-refractivity contribution in [2.45, 2.75) is 39.5 Å². The van der Waals surface area contributed by atoms with Crippen LogP contribution in [0.4, 0.5) is 0 Å². The van der Waals surface area contributed by atoms with Gasteiger partial charge in [0.25, 0.3) is 0 Å². The standard InChI is InChI=1S/C17H28N2O/c1-3-13-19(14-4-2)17(20)15-18-12-8-11-16-9-6-5-7-10-16/h5-7,9-10,18H,3-4,8,11-15H2,1-2H3. The van der Waals surface area contributed by atoms with Crippen molar-refractivity contribution < 1.29 is 4.79 Å². The number of carbonyl (C=O) groups excluding carboxylic acids is 1. The van der Waals surface area contributed by atoms with Crippen LogP contribution in [0.2, 0.25) is 0 Å². The fourth-order valence-corrected chi connectivity index (χ4v) is 2.27. The minimum Gasteiger partial charge on any atom is -0.342 e. The molecular formula is C17H28N2O. The monoisotopic (exact) mass is 276 g/mol. The van der Waals surface area contributed by atoms with Gasteiger partial charge in [-0.2, -0.15) is 0 Å². The van der Waals surface area contributed by atoms with Crippen LogP contribution in [0.25, 0.3) is 0 Å². The number of rotatable bonds is 10. The SMILES string of the molecule is CCCN(CCC)C(=O)CNCCCc1ccccc1. The molecule has 1 N–H and O–H groups in total. The smallest absolute Gasteiger partial charge is 0.236 e. The molecule has 0 heterocycles. The Morgan fingerprint density at radius 2 is 1.75 bits per heavy atom. The molecule has 0 radical (unpaired) electrons. The lowest BCUT2D eigenvalue weighted by Crippen LogP contribution is -2.39. The van der Waals surface area contributed by atoms with Crippen molar-refractivity contribution in [2.24, 2.45) is 0 Å². The highest BCUT2D eigenvalue weighted by molar-refractivity contribution is 5.78. The molecular weight excluding hydrogens is 248 g/mol. The first kappa shape index (κ1) is 16.7. The lowest BCUT2D eigenvalue weighted by molar-refractivity contribution is -0.130. The fourth-order valence-electron chi connectivity index (χ4n) is 2.27. The highest BCUT2D eigenvalue weighted by Crippen LogP contribution is 2.01. The van der Waals surface area contributed by atoms with Gasteiger partial charge in [-0.3, -0.25) is 4.79 Å². The van der Waals surface area contributed by atoms with E-state index in [4.69, 9.17) is 0 Å². The van der Waals surface area contributed by atoms with Crippen LogP contribution in [0.5, 0.6) is 0 Å². The largest absolute Gasteiger partial charge is 0.342 e. The molecule has 1 amide bonds. The first-order valence-electron chi connectivity index (χ1n) is 7.80. The normalized spacial score (nSPS) is 10.5. The molecule has 0 atom stereocenters. The molecule has 112 valence electrons. The number of hydrogen-bond acceptors (Lipinski definition) is 2. The number of aryl methyl sites for hydroxylation is 1. The molecule has 0 fully saturated rings. The summed E-state index contributed by atoms with van der Waals surface area (Å²) in [5.74, 6) is 0.230. The molecule has 1 aromatic carbocycles. The number of hydrogen-bond donors (Lipinski definition) is 1.